The van der Waals surface area contributed by atoms with Crippen molar-refractivity contribution < 1.29 is 14.4 Å². The highest BCUT2D eigenvalue weighted by Gasteiger charge is 2.24. The fraction of sp³-hybridized carbons (Fsp3) is 0.103. The van der Waals surface area contributed by atoms with E-state index in [-0.39, 0.29) is 11.6 Å². The van der Waals surface area contributed by atoms with E-state index in [4.69, 9.17) is 23.2 Å². The molecule has 9 heteroatoms. The standard InChI is InChI=1S/C39H33Cl2N3O3S/c1-3-26-16-10-11-25(2)35(26)44-39(47)36(27-12-6-4-7-13-27)48-32-21-19-31(20-22-32)42-38(46)34(23-29-17-18-30(40)24-33(29)41)43-37(45)28-14-8-5-9-15-28/h4-24,36H,3H2,1-2H3,(H,42,46)(H,43,45)(H,44,47)/b34-23-. The summed E-state index contributed by atoms with van der Waals surface area (Å²) in [5.41, 5.74) is 5.19. The first-order chi connectivity index (χ1) is 23.2. The van der Waals surface area contributed by atoms with E-state index in [0.717, 1.165) is 33.7 Å². The first-order valence-electron chi connectivity index (χ1n) is 15.3. The van der Waals surface area contributed by atoms with E-state index in [1.165, 1.54) is 17.8 Å². The van der Waals surface area contributed by atoms with Crippen LogP contribution in [0.4, 0.5) is 11.4 Å². The Hall–Kier alpha value is -4.82. The molecule has 0 aromatic heterocycles. The number of carbonyl (C=O) groups excluding carboxylic acids is 3. The van der Waals surface area contributed by atoms with E-state index in [9.17, 15) is 14.4 Å². The van der Waals surface area contributed by atoms with Crippen LogP contribution in [-0.4, -0.2) is 17.7 Å². The Morgan fingerprint density at radius 1 is 0.792 bits per heavy atom. The van der Waals surface area contributed by atoms with Gasteiger partial charge >= 0.3 is 0 Å². The lowest BCUT2D eigenvalue weighted by molar-refractivity contribution is -0.116. The van der Waals surface area contributed by atoms with Crippen molar-refractivity contribution in [3.8, 4) is 0 Å². The van der Waals surface area contributed by atoms with Crippen LogP contribution in [0.3, 0.4) is 0 Å². The van der Waals surface area contributed by atoms with Crippen LogP contribution in [0.2, 0.25) is 10.0 Å². The molecule has 242 valence electrons. The van der Waals surface area contributed by atoms with Crippen molar-refractivity contribution in [2.24, 2.45) is 0 Å². The largest absolute Gasteiger partial charge is 0.324 e. The molecule has 0 bridgehead atoms. The van der Waals surface area contributed by atoms with Gasteiger partial charge in [0.2, 0.25) is 5.91 Å². The molecule has 0 saturated heterocycles. The predicted octanol–water partition coefficient (Wildman–Crippen LogP) is 9.75. The number of anilines is 2. The van der Waals surface area contributed by atoms with Crippen molar-refractivity contribution in [3.05, 3.63) is 165 Å². The molecule has 0 saturated carbocycles. The maximum Gasteiger partial charge on any atom is 0.272 e. The molecule has 0 heterocycles. The van der Waals surface area contributed by atoms with Gasteiger partial charge in [0.1, 0.15) is 10.9 Å². The van der Waals surface area contributed by atoms with Crippen molar-refractivity contribution in [1.29, 1.82) is 0 Å². The Balaban J connectivity index is 1.35. The summed E-state index contributed by atoms with van der Waals surface area (Å²) in [6.07, 6.45) is 2.30. The second-order valence-corrected chi connectivity index (χ2v) is 12.9. The Morgan fingerprint density at radius 2 is 1.48 bits per heavy atom. The normalized spacial score (nSPS) is 11.8. The van der Waals surface area contributed by atoms with E-state index in [0.29, 0.717) is 26.9 Å². The molecule has 1 atom stereocenters. The van der Waals surface area contributed by atoms with Gasteiger partial charge < -0.3 is 16.0 Å². The number of aryl methyl sites for hydroxylation is 2. The molecule has 0 radical (unpaired) electrons. The Bertz CT molecular complexity index is 1950. The van der Waals surface area contributed by atoms with Crippen LogP contribution in [0.15, 0.2) is 132 Å². The van der Waals surface area contributed by atoms with Crippen LogP contribution >= 0.6 is 35.0 Å². The number of hydrogen-bond donors (Lipinski definition) is 3. The quantitative estimate of drug-likeness (QED) is 0.0950. The zero-order valence-electron chi connectivity index (χ0n) is 26.3. The molecule has 48 heavy (non-hydrogen) atoms. The third-order valence-corrected chi connectivity index (χ3v) is 9.31. The number of rotatable bonds is 11. The monoisotopic (exact) mass is 693 g/mol. The summed E-state index contributed by atoms with van der Waals surface area (Å²) in [5, 5.41) is 9.00. The Kier molecular flexibility index (Phi) is 11.7. The van der Waals surface area contributed by atoms with Gasteiger partial charge in [-0.15, -0.1) is 11.8 Å². The van der Waals surface area contributed by atoms with Gasteiger partial charge in [-0.2, -0.15) is 0 Å². The van der Waals surface area contributed by atoms with Crippen LogP contribution in [0.1, 0.15) is 44.8 Å². The third-order valence-electron chi connectivity index (χ3n) is 7.49. The summed E-state index contributed by atoms with van der Waals surface area (Å²) >= 11 is 13.9. The maximum absolute atomic E-state index is 13.8. The van der Waals surface area contributed by atoms with Gasteiger partial charge in [-0.25, -0.2) is 0 Å². The second-order valence-electron chi connectivity index (χ2n) is 10.9. The van der Waals surface area contributed by atoms with Gasteiger partial charge in [0.25, 0.3) is 11.8 Å². The van der Waals surface area contributed by atoms with Crippen LogP contribution in [0.5, 0.6) is 0 Å². The first kappa shape index (κ1) is 34.5. The molecule has 5 rings (SSSR count). The Labute approximate surface area is 294 Å². The molecule has 3 N–H and O–H groups in total. The summed E-state index contributed by atoms with van der Waals surface area (Å²) < 4.78 is 0. The summed E-state index contributed by atoms with van der Waals surface area (Å²) in [4.78, 5) is 41.1. The fourth-order valence-corrected chi connectivity index (χ4v) is 6.45. The van der Waals surface area contributed by atoms with Gasteiger partial charge in [0.15, 0.2) is 0 Å². The van der Waals surface area contributed by atoms with E-state index in [1.807, 2.05) is 67.6 Å². The molecular formula is C39H33Cl2N3O3S. The zero-order chi connectivity index (χ0) is 34.0. The zero-order valence-corrected chi connectivity index (χ0v) is 28.6. The minimum absolute atomic E-state index is 0.00464. The number of nitrogens with one attached hydrogen (secondary N) is 3. The highest BCUT2D eigenvalue weighted by atomic mass is 35.5. The number of amides is 3. The number of carbonyl (C=O) groups is 3. The lowest BCUT2D eigenvalue weighted by Crippen LogP contribution is -2.30. The van der Waals surface area contributed by atoms with E-state index in [2.05, 4.69) is 22.9 Å². The first-order valence-corrected chi connectivity index (χ1v) is 16.9. The predicted molar refractivity (Wildman–Crippen MR) is 198 cm³/mol. The van der Waals surface area contributed by atoms with Crippen LogP contribution in [0, 0.1) is 6.92 Å². The summed E-state index contributed by atoms with van der Waals surface area (Å²) in [6.45, 7) is 4.06. The topological polar surface area (TPSA) is 87.3 Å². The van der Waals surface area contributed by atoms with E-state index < -0.39 is 17.1 Å². The van der Waals surface area contributed by atoms with Crippen molar-refractivity contribution >= 4 is 70.1 Å². The molecule has 0 aliphatic carbocycles. The molecule has 0 aliphatic rings. The molecule has 0 fully saturated rings. The fourth-order valence-electron chi connectivity index (χ4n) is 4.96. The minimum atomic E-state index is -0.544. The molecule has 0 aliphatic heterocycles. The number of halogens is 2. The molecule has 0 spiro atoms. The Morgan fingerprint density at radius 3 is 2.15 bits per heavy atom. The molecule has 3 amide bonds. The highest BCUT2D eigenvalue weighted by Crippen LogP contribution is 2.37. The molecular weight excluding hydrogens is 661 g/mol. The van der Waals surface area contributed by atoms with E-state index >= 15 is 0 Å². The van der Waals surface area contributed by atoms with Crippen molar-refractivity contribution in [1.82, 2.24) is 5.32 Å². The summed E-state index contributed by atoms with van der Waals surface area (Å²) in [5.74, 6) is -1.12. The summed E-state index contributed by atoms with van der Waals surface area (Å²) in [7, 11) is 0. The van der Waals surface area contributed by atoms with Gasteiger partial charge in [-0.3, -0.25) is 14.4 Å². The summed E-state index contributed by atoms with van der Waals surface area (Å²) in [6, 6.07) is 36.3. The molecule has 5 aromatic carbocycles. The molecule has 5 aromatic rings. The van der Waals surface area contributed by atoms with E-state index in [1.54, 1.807) is 60.7 Å². The van der Waals surface area contributed by atoms with Crippen LogP contribution in [0.25, 0.3) is 6.08 Å². The number of thioether (sulfide) groups is 1. The van der Waals surface area contributed by atoms with Gasteiger partial charge in [-0.1, -0.05) is 103 Å². The van der Waals surface area contributed by atoms with Gasteiger partial charge in [0, 0.05) is 31.9 Å². The number of benzene rings is 5. The number of hydrogen-bond acceptors (Lipinski definition) is 4. The number of para-hydroxylation sites is 1. The highest BCUT2D eigenvalue weighted by molar-refractivity contribution is 8.00. The molecule has 6 nitrogen and oxygen atoms in total. The third kappa shape index (κ3) is 8.95. The van der Waals surface area contributed by atoms with Crippen molar-refractivity contribution in [3.63, 3.8) is 0 Å². The SMILES string of the molecule is CCc1cccc(C)c1NC(=O)C(Sc1ccc(NC(=O)/C(=C/c2ccc(Cl)cc2Cl)NC(=O)c2ccccc2)cc1)c1ccccc1. The van der Waals surface area contributed by atoms with Gasteiger partial charge in [0.05, 0.1) is 0 Å². The van der Waals surface area contributed by atoms with Crippen molar-refractivity contribution in [2.45, 2.75) is 30.4 Å². The minimum Gasteiger partial charge on any atom is -0.324 e. The lowest BCUT2D eigenvalue weighted by Gasteiger charge is -2.20. The maximum atomic E-state index is 13.8. The smallest absolute Gasteiger partial charge is 0.272 e. The molecule has 1 unspecified atom stereocenters. The lowest BCUT2D eigenvalue weighted by atomic mass is 10.1. The van der Waals surface area contributed by atoms with Crippen LogP contribution < -0.4 is 16.0 Å². The second kappa shape index (κ2) is 16.3. The average molecular weight is 695 g/mol. The van der Waals surface area contributed by atoms with Crippen LogP contribution in [-0.2, 0) is 16.0 Å². The average Bonchev–Trinajstić information content (AvgIpc) is 3.10. The van der Waals surface area contributed by atoms with Gasteiger partial charge in [-0.05, 0) is 90.2 Å². The van der Waals surface area contributed by atoms with Crippen molar-refractivity contribution in [2.75, 3.05) is 10.6 Å².